The van der Waals surface area contributed by atoms with Gasteiger partial charge in [0, 0.05) is 44.4 Å². The number of aryl methyl sites for hydroxylation is 1. The molecule has 2 aromatic rings. The molecule has 0 spiro atoms. The summed E-state index contributed by atoms with van der Waals surface area (Å²) in [6.45, 7) is 1.74. The molecular formula is C20H27N5O2. The van der Waals surface area contributed by atoms with Crippen LogP contribution < -0.4 is 10.6 Å². The van der Waals surface area contributed by atoms with E-state index in [9.17, 15) is 9.59 Å². The van der Waals surface area contributed by atoms with Crippen molar-refractivity contribution >= 4 is 11.8 Å². The fourth-order valence-corrected chi connectivity index (χ4v) is 3.50. The Kier molecular flexibility index (Phi) is 6.24. The molecule has 1 aliphatic rings. The lowest BCUT2D eigenvalue weighted by molar-refractivity contribution is -0.137. The second kappa shape index (κ2) is 8.81. The molecule has 2 heterocycles. The lowest BCUT2D eigenvalue weighted by Crippen LogP contribution is -2.46. The van der Waals surface area contributed by atoms with Crippen molar-refractivity contribution in [3.8, 4) is 0 Å². The lowest BCUT2D eigenvalue weighted by atomic mass is 9.95. The van der Waals surface area contributed by atoms with Crippen LogP contribution in [0, 0.1) is 5.92 Å². The van der Waals surface area contributed by atoms with Gasteiger partial charge in [-0.05, 0) is 25.5 Å². The van der Waals surface area contributed by atoms with Gasteiger partial charge in [0.25, 0.3) is 0 Å². The van der Waals surface area contributed by atoms with E-state index in [1.54, 1.807) is 17.9 Å². The molecule has 27 heavy (non-hydrogen) atoms. The SMILES string of the molecule is CNC(C(=O)N1CCC(C(=O)NCc2ccccc2)CC1)c1cnn(C)c1. The number of carbonyl (C=O) groups is 2. The van der Waals surface area contributed by atoms with Crippen molar-refractivity contribution in [2.24, 2.45) is 13.0 Å². The van der Waals surface area contributed by atoms with Gasteiger partial charge in [0.15, 0.2) is 0 Å². The minimum atomic E-state index is -0.401. The van der Waals surface area contributed by atoms with E-state index in [1.807, 2.05) is 48.5 Å². The summed E-state index contributed by atoms with van der Waals surface area (Å²) < 4.78 is 1.69. The quantitative estimate of drug-likeness (QED) is 0.803. The van der Waals surface area contributed by atoms with Gasteiger partial charge in [-0.1, -0.05) is 30.3 Å². The first-order chi connectivity index (χ1) is 13.1. The average Bonchev–Trinajstić information content (AvgIpc) is 3.13. The Labute approximate surface area is 159 Å². The molecule has 1 fully saturated rings. The number of amides is 2. The number of nitrogens with one attached hydrogen (secondary N) is 2. The van der Waals surface area contributed by atoms with Gasteiger partial charge < -0.3 is 15.5 Å². The topological polar surface area (TPSA) is 79.3 Å². The molecule has 7 heteroatoms. The summed E-state index contributed by atoms with van der Waals surface area (Å²) in [5.74, 6) is 0.0706. The van der Waals surface area contributed by atoms with Crippen LogP contribution in [0.25, 0.3) is 0 Å². The highest BCUT2D eigenvalue weighted by atomic mass is 16.2. The molecule has 3 rings (SSSR count). The molecule has 2 N–H and O–H groups in total. The second-order valence-electron chi connectivity index (χ2n) is 6.97. The molecule has 2 amide bonds. The largest absolute Gasteiger partial charge is 0.352 e. The Morgan fingerprint density at radius 3 is 2.52 bits per heavy atom. The summed E-state index contributed by atoms with van der Waals surface area (Å²) in [6.07, 6.45) is 4.94. The van der Waals surface area contributed by atoms with E-state index in [1.165, 1.54) is 0 Å². The third-order valence-electron chi connectivity index (χ3n) is 5.08. The number of likely N-dealkylation sites (N-methyl/N-ethyl adjacent to an activating group) is 1. The van der Waals surface area contributed by atoms with Gasteiger partial charge in [-0.3, -0.25) is 14.3 Å². The summed E-state index contributed by atoms with van der Waals surface area (Å²) in [5, 5.41) is 10.2. The van der Waals surface area contributed by atoms with Gasteiger partial charge in [-0.25, -0.2) is 0 Å². The van der Waals surface area contributed by atoms with Crippen LogP contribution in [0.1, 0.15) is 30.0 Å². The van der Waals surface area contributed by atoms with Crippen LogP contribution in [0.15, 0.2) is 42.7 Å². The molecule has 1 saturated heterocycles. The summed E-state index contributed by atoms with van der Waals surface area (Å²) in [6, 6.07) is 9.48. The molecule has 0 aliphatic carbocycles. The van der Waals surface area contributed by atoms with Crippen LogP contribution in [-0.2, 0) is 23.2 Å². The molecule has 1 aromatic heterocycles. The van der Waals surface area contributed by atoms with Crippen molar-refractivity contribution in [3.63, 3.8) is 0 Å². The summed E-state index contributed by atoms with van der Waals surface area (Å²) >= 11 is 0. The van der Waals surface area contributed by atoms with Crippen molar-refractivity contribution in [3.05, 3.63) is 53.9 Å². The number of nitrogens with zero attached hydrogens (tertiary/aromatic N) is 3. The Morgan fingerprint density at radius 2 is 1.93 bits per heavy atom. The highest BCUT2D eigenvalue weighted by Gasteiger charge is 2.31. The Morgan fingerprint density at radius 1 is 1.22 bits per heavy atom. The molecule has 1 aromatic carbocycles. The predicted molar refractivity (Wildman–Crippen MR) is 103 cm³/mol. The fraction of sp³-hybridized carbons (Fsp3) is 0.450. The Hall–Kier alpha value is -2.67. The Balaban J connectivity index is 1.50. The van der Waals surface area contributed by atoms with Crippen LogP contribution in [-0.4, -0.2) is 46.6 Å². The van der Waals surface area contributed by atoms with Crippen LogP contribution in [0.2, 0.25) is 0 Å². The number of piperidine rings is 1. The molecule has 1 unspecified atom stereocenters. The number of aromatic nitrogens is 2. The van der Waals surface area contributed by atoms with E-state index in [4.69, 9.17) is 0 Å². The van der Waals surface area contributed by atoms with Gasteiger partial charge in [0.2, 0.25) is 11.8 Å². The number of hydrogen-bond acceptors (Lipinski definition) is 4. The van der Waals surface area contributed by atoms with Crippen LogP contribution in [0.3, 0.4) is 0 Å². The van der Waals surface area contributed by atoms with Gasteiger partial charge in [-0.2, -0.15) is 5.10 Å². The van der Waals surface area contributed by atoms with E-state index in [-0.39, 0.29) is 17.7 Å². The molecule has 0 bridgehead atoms. The van der Waals surface area contributed by atoms with E-state index in [0.717, 1.165) is 11.1 Å². The average molecular weight is 369 g/mol. The maximum absolute atomic E-state index is 12.9. The van der Waals surface area contributed by atoms with Crippen LogP contribution in [0.5, 0.6) is 0 Å². The van der Waals surface area contributed by atoms with Crippen molar-refractivity contribution in [1.29, 1.82) is 0 Å². The van der Waals surface area contributed by atoms with Crippen LogP contribution in [0.4, 0.5) is 0 Å². The first-order valence-electron chi connectivity index (χ1n) is 9.34. The molecule has 0 radical (unpaired) electrons. The molecule has 1 atom stereocenters. The van der Waals surface area contributed by atoms with Gasteiger partial charge in [0.1, 0.15) is 6.04 Å². The molecule has 0 saturated carbocycles. The monoisotopic (exact) mass is 369 g/mol. The summed E-state index contributed by atoms with van der Waals surface area (Å²) in [7, 11) is 3.61. The maximum atomic E-state index is 12.9. The predicted octanol–water partition coefficient (Wildman–Crippen LogP) is 1.24. The van der Waals surface area contributed by atoms with Crippen molar-refractivity contribution < 1.29 is 9.59 Å². The van der Waals surface area contributed by atoms with E-state index in [2.05, 4.69) is 15.7 Å². The number of likely N-dealkylation sites (tertiary alicyclic amines) is 1. The standard InChI is InChI=1S/C20H27N5O2/c1-21-18(17-13-23-24(2)14-17)20(27)25-10-8-16(9-11-25)19(26)22-12-15-6-4-3-5-7-15/h3-7,13-14,16,18,21H,8-12H2,1-2H3,(H,22,26). The molecule has 1 aliphatic heterocycles. The third kappa shape index (κ3) is 4.74. The second-order valence-corrected chi connectivity index (χ2v) is 6.97. The minimum Gasteiger partial charge on any atom is -0.352 e. The molecular weight excluding hydrogens is 342 g/mol. The highest BCUT2D eigenvalue weighted by Crippen LogP contribution is 2.22. The summed E-state index contributed by atoms with van der Waals surface area (Å²) in [5.41, 5.74) is 1.94. The third-order valence-corrected chi connectivity index (χ3v) is 5.08. The number of carbonyl (C=O) groups excluding carboxylic acids is 2. The zero-order valence-corrected chi connectivity index (χ0v) is 15.9. The van der Waals surface area contributed by atoms with Crippen LogP contribution >= 0.6 is 0 Å². The van der Waals surface area contributed by atoms with E-state index in [0.29, 0.717) is 32.5 Å². The summed E-state index contributed by atoms with van der Waals surface area (Å²) in [4.78, 5) is 27.1. The van der Waals surface area contributed by atoms with E-state index >= 15 is 0 Å². The lowest BCUT2D eigenvalue weighted by Gasteiger charge is -2.33. The van der Waals surface area contributed by atoms with Gasteiger partial charge >= 0.3 is 0 Å². The van der Waals surface area contributed by atoms with Gasteiger partial charge in [-0.15, -0.1) is 0 Å². The van der Waals surface area contributed by atoms with Crippen molar-refractivity contribution in [1.82, 2.24) is 25.3 Å². The number of benzene rings is 1. The fourth-order valence-electron chi connectivity index (χ4n) is 3.50. The first kappa shape index (κ1) is 19.1. The van der Waals surface area contributed by atoms with Crippen molar-refractivity contribution in [2.45, 2.75) is 25.4 Å². The highest BCUT2D eigenvalue weighted by molar-refractivity contribution is 5.84. The Bertz CT molecular complexity index is 766. The van der Waals surface area contributed by atoms with E-state index < -0.39 is 6.04 Å². The van der Waals surface area contributed by atoms with Crippen molar-refractivity contribution in [2.75, 3.05) is 20.1 Å². The number of rotatable bonds is 6. The normalized spacial score (nSPS) is 16.1. The first-order valence-corrected chi connectivity index (χ1v) is 9.34. The molecule has 144 valence electrons. The zero-order chi connectivity index (χ0) is 19.2. The zero-order valence-electron chi connectivity index (χ0n) is 15.9. The molecule has 7 nitrogen and oxygen atoms in total. The maximum Gasteiger partial charge on any atom is 0.244 e. The minimum absolute atomic E-state index is 0.0358. The van der Waals surface area contributed by atoms with Gasteiger partial charge in [0.05, 0.1) is 6.20 Å². The smallest absolute Gasteiger partial charge is 0.244 e. The number of hydrogen-bond donors (Lipinski definition) is 2.